The van der Waals surface area contributed by atoms with Crippen LogP contribution < -0.4 is 10.3 Å². The van der Waals surface area contributed by atoms with Crippen LogP contribution in [0.5, 0.6) is 0 Å². The maximum absolute atomic E-state index is 13.6. The van der Waals surface area contributed by atoms with Crippen molar-refractivity contribution in [1.82, 2.24) is 14.7 Å². The quantitative estimate of drug-likeness (QED) is 0.709. The van der Waals surface area contributed by atoms with Crippen molar-refractivity contribution in [2.24, 2.45) is 0 Å². The zero-order chi connectivity index (χ0) is 18.2. The molecule has 0 spiro atoms. The highest BCUT2D eigenvalue weighted by Crippen LogP contribution is 2.25. The van der Waals surface area contributed by atoms with Crippen LogP contribution in [0.4, 0.5) is 4.39 Å². The lowest BCUT2D eigenvalue weighted by Crippen LogP contribution is -2.27. The van der Waals surface area contributed by atoms with Gasteiger partial charge in [0.05, 0.1) is 5.39 Å². The third-order valence-electron chi connectivity index (χ3n) is 3.87. The summed E-state index contributed by atoms with van der Waals surface area (Å²) in [6.07, 6.45) is 0.189. The van der Waals surface area contributed by atoms with Crippen LogP contribution >= 0.6 is 11.3 Å². The van der Waals surface area contributed by atoms with Crippen molar-refractivity contribution in [3.63, 3.8) is 0 Å². The normalized spacial score (nSPS) is 12.0. The molecule has 0 amide bonds. The molecule has 0 aliphatic heterocycles. The third-order valence-corrected chi connectivity index (χ3v) is 6.46. The fraction of sp³-hybridized carbons (Fsp3) is 0.250. The summed E-state index contributed by atoms with van der Waals surface area (Å²) in [4.78, 5) is 20.5. The maximum Gasteiger partial charge on any atom is 0.259 e. The fourth-order valence-electron chi connectivity index (χ4n) is 2.46. The Kier molecular flexibility index (Phi) is 4.72. The molecule has 2 heterocycles. The largest absolute Gasteiger partial charge is 0.310 e. The molecule has 0 saturated carbocycles. The van der Waals surface area contributed by atoms with Gasteiger partial charge in [0.15, 0.2) is 0 Å². The fourth-order valence-corrected chi connectivity index (χ4v) is 4.62. The second-order valence-corrected chi connectivity index (χ2v) is 8.49. The first-order valence-electron chi connectivity index (χ1n) is 7.52. The number of rotatable bonds is 5. The van der Waals surface area contributed by atoms with E-state index in [4.69, 9.17) is 0 Å². The van der Waals surface area contributed by atoms with E-state index >= 15 is 0 Å². The van der Waals surface area contributed by atoms with Gasteiger partial charge in [-0.25, -0.2) is 22.5 Å². The highest BCUT2D eigenvalue weighted by Gasteiger charge is 2.18. The molecule has 0 bridgehead atoms. The highest BCUT2D eigenvalue weighted by atomic mass is 32.2. The molecule has 0 fully saturated rings. The number of nitrogens with zero attached hydrogens (tertiary/aromatic N) is 1. The van der Waals surface area contributed by atoms with E-state index in [0.29, 0.717) is 16.0 Å². The van der Waals surface area contributed by atoms with Crippen molar-refractivity contribution in [3.8, 4) is 0 Å². The number of hydrogen-bond donors (Lipinski definition) is 2. The Balaban J connectivity index is 1.77. The molecule has 0 aliphatic carbocycles. The van der Waals surface area contributed by atoms with Crippen molar-refractivity contribution in [2.75, 3.05) is 6.54 Å². The van der Waals surface area contributed by atoms with Gasteiger partial charge < -0.3 is 4.98 Å². The third kappa shape index (κ3) is 3.48. The van der Waals surface area contributed by atoms with Gasteiger partial charge in [0.1, 0.15) is 21.4 Å². The molecule has 6 nitrogen and oxygen atoms in total. The van der Waals surface area contributed by atoms with Crippen molar-refractivity contribution >= 4 is 31.6 Å². The van der Waals surface area contributed by atoms with Crippen LogP contribution in [-0.4, -0.2) is 24.9 Å². The zero-order valence-electron chi connectivity index (χ0n) is 13.6. The Morgan fingerprint density at radius 3 is 2.72 bits per heavy atom. The molecular weight excluding hydrogens is 365 g/mol. The van der Waals surface area contributed by atoms with E-state index in [1.54, 1.807) is 0 Å². The first-order chi connectivity index (χ1) is 11.8. The van der Waals surface area contributed by atoms with Crippen molar-refractivity contribution in [1.29, 1.82) is 0 Å². The van der Waals surface area contributed by atoms with Gasteiger partial charge in [0, 0.05) is 17.8 Å². The molecule has 3 rings (SSSR count). The highest BCUT2D eigenvalue weighted by molar-refractivity contribution is 7.89. The summed E-state index contributed by atoms with van der Waals surface area (Å²) in [5, 5.41) is 0.568. The molecule has 0 atom stereocenters. The van der Waals surface area contributed by atoms with Gasteiger partial charge in [-0.3, -0.25) is 4.79 Å². The number of thiophene rings is 1. The molecule has 0 unspecified atom stereocenters. The minimum Gasteiger partial charge on any atom is -0.310 e. The summed E-state index contributed by atoms with van der Waals surface area (Å²) in [5.74, 6) is -0.428. The van der Waals surface area contributed by atoms with Gasteiger partial charge >= 0.3 is 0 Å². The molecule has 2 aromatic heterocycles. The van der Waals surface area contributed by atoms with E-state index in [2.05, 4.69) is 14.7 Å². The lowest BCUT2D eigenvalue weighted by molar-refractivity contribution is 0.556. The summed E-state index contributed by atoms with van der Waals surface area (Å²) in [6, 6.07) is 5.15. The number of fused-ring (bicyclic) bond motifs is 1. The van der Waals surface area contributed by atoms with Crippen LogP contribution in [0.2, 0.25) is 0 Å². The molecule has 0 radical (unpaired) electrons. The minimum atomic E-state index is -3.96. The number of aromatic nitrogens is 2. The van der Waals surface area contributed by atoms with Crippen LogP contribution in [-0.2, 0) is 16.4 Å². The predicted molar refractivity (Wildman–Crippen MR) is 95.0 cm³/mol. The molecule has 0 saturated heterocycles. The standard InChI is InChI=1S/C16H16FN3O3S2/c1-9-10(2)24-16-14(9)15(21)19-13(20-16)7-8-18-25(22,23)12-6-4-3-5-11(12)17/h3-6,18H,7-8H2,1-2H3,(H,19,20,21). The summed E-state index contributed by atoms with van der Waals surface area (Å²) in [7, 11) is -3.96. The molecule has 1 aromatic carbocycles. The molecule has 132 valence electrons. The van der Waals surface area contributed by atoms with Crippen LogP contribution in [0.25, 0.3) is 10.2 Å². The van der Waals surface area contributed by atoms with Crippen molar-refractivity contribution < 1.29 is 12.8 Å². The molecule has 0 aliphatic rings. The number of benzene rings is 1. The van der Waals surface area contributed by atoms with E-state index in [1.807, 2.05) is 13.8 Å². The van der Waals surface area contributed by atoms with Gasteiger partial charge in [0.25, 0.3) is 5.56 Å². The topological polar surface area (TPSA) is 91.9 Å². The lowest BCUT2D eigenvalue weighted by Gasteiger charge is -2.07. The van der Waals surface area contributed by atoms with E-state index in [1.165, 1.54) is 29.5 Å². The SMILES string of the molecule is Cc1sc2nc(CCNS(=O)(=O)c3ccccc3F)[nH]c(=O)c2c1C. The van der Waals surface area contributed by atoms with Gasteiger partial charge in [-0.05, 0) is 31.5 Å². The van der Waals surface area contributed by atoms with E-state index in [9.17, 15) is 17.6 Å². The van der Waals surface area contributed by atoms with E-state index < -0.39 is 20.7 Å². The molecule has 25 heavy (non-hydrogen) atoms. The molecule has 9 heteroatoms. The molecule has 2 N–H and O–H groups in total. The lowest BCUT2D eigenvalue weighted by atomic mass is 10.2. The number of aromatic amines is 1. The average molecular weight is 381 g/mol. The summed E-state index contributed by atoms with van der Waals surface area (Å²) in [6.45, 7) is 3.78. The number of aryl methyl sites for hydroxylation is 2. The van der Waals surface area contributed by atoms with Gasteiger partial charge in [-0.2, -0.15) is 0 Å². The Hall–Kier alpha value is -2.10. The average Bonchev–Trinajstić information content (AvgIpc) is 2.82. The smallest absolute Gasteiger partial charge is 0.259 e. The van der Waals surface area contributed by atoms with Gasteiger partial charge in [-0.1, -0.05) is 12.1 Å². The number of sulfonamides is 1. The van der Waals surface area contributed by atoms with Crippen LogP contribution in [0, 0.1) is 19.7 Å². The summed E-state index contributed by atoms with van der Waals surface area (Å²) >= 11 is 1.43. The number of nitrogens with one attached hydrogen (secondary N) is 2. The zero-order valence-corrected chi connectivity index (χ0v) is 15.2. The Morgan fingerprint density at radius 2 is 2.00 bits per heavy atom. The first-order valence-corrected chi connectivity index (χ1v) is 9.82. The van der Waals surface area contributed by atoms with Gasteiger partial charge in [-0.15, -0.1) is 11.3 Å². The molecular formula is C16H16FN3O3S2. The van der Waals surface area contributed by atoms with Crippen molar-refractivity contribution in [2.45, 2.75) is 25.2 Å². The van der Waals surface area contributed by atoms with Crippen molar-refractivity contribution in [3.05, 3.63) is 56.7 Å². The monoisotopic (exact) mass is 381 g/mol. The Labute approximate surface area is 147 Å². The maximum atomic E-state index is 13.6. The molecule has 3 aromatic rings. The predicted octanol–water partition coefficient (Wildman–Crippen LogP) is 2.26. The van der Waals surface area contributed by atoms with Crippen LogP contribution in [0.3, 0.4) is 0 Å². The van der Waals surface area contributed by atoms with Crippen LogP contribution in [0.1, 0.15) is 16.3 Å². The number of H-pyrrole nitrogens is 1. The van der Waals surface area contributed by atoms with Gasteiger partial charge in [0.2, 0.25) is 10.0 Å². The minimum absolute atomic E-state index is 0.00550. The second-order valence-electron chi connectivity index (χ2n) is 5.55. The second kappa shape index (κ2) is 6.66. The number of hydrogen-bond acceptors (Lipinski definition) is 5. The number of halogens is 1. The Morgan fingerprint density at radius 1 is 1.28 bits per heavy atom. The van der Waals surface area contributed by atoms with E-state index in [0.717, 1.165) is 16.5 Å². The Bertz CT molecular complexity index is 1100. The summed E-state index contributed by atoms with van der Waals surface area (Å²) < 4.78 is 40.2. The first kappa shape index (κ1) is 17.7. The van der Waals surface area contributed by atoms with E-state index in [-0.39, 0.29) is 18.5 Å². The van der Waals surface area contributed by atoms with Crippen LogP contribution in [0.15, 0.2) is 34.0 Å². The summed E-state index contributed by atoms with van der Waals surface area (Å²) in [5.41, 5.74) is 0.666.